The lowest BCUT2D eigenvalue weighted by Gasteiger charge is -2.21. The molecule has 2 nitrogen and oxygen atoms in total. The van der Waals surface area contributed by atoms with Crippen LogP contribution < -0.4 is 4.90 Å². The van der Waals surface area contributed by atoms with Gasteiger partial charge in [-0.1, -0.05) is 13.3 Å². The molecule has 5 heteroatoms. The van der Waals surface area contributed by atoms with Crippen molar-refractivity contribution < 1.29 is 18.0 Å². The first-order valence-corrected chi connectivity index (χ1v) is 6.13. The number of carbonyl (C=O) groups excluding carboxylic acids is 1. The third-order valence-electron chi connectivity index (χ3n) is 3.12. The van der Waals surface area contributed by atoms with Crippen LogP contribution in [-0.4, -0.2) is 19.1 Å². The van der Waals surface area contributed by atoms with Crippen LogP contribution >= 0.6 is 0 Å². The Bertz CT molecular complexity index is 457. The van der Waals surface area contributed by atoms with Gasteiger partial charge in [-0.15, -0.1) is 0 Å². The van der Waals surface area contributed by atoms with Crippen LogP contribution in [0.3, 0.4) is 0 Å². The quantitative estimate of drug-likeness (QED) is 0.820. The predicted molar refractivity (Wildman–Crippen MR) is 69.4 cm³/mol. The van der Waals surface area contributed by atoms with Crippen molar-refractivity contribution in [1.29, 1.82) is 0 Å². The van der Waals surface area contributed by atoms with E-state index in [4.69, 9.17) is 0 Å². The number of benzene rings is 1. The van der Waals surface area contributed by atoms with Crippen LogP contribution in [0.2, 0.25) is 0 Å². The van der Waals surface area contributed by atoms with Crippen LogP contribution in [0.1, 0.15) is 30.0 Å². The molecular weight excluding hydrogens is 255 g/mol. The number of amides is 1. The molecule has 0 atom stereocenters. The number of hydrogen-bond donors (Lipinski definition) is 0. The van der Waals surface area contributed by atoms with Gasteiger partial charge in [0.05, 0.1) is 0 Å². The Morgan fingerprint density at radius 1 is 1.21 bits per heavy atom. The van der Waals surface area contributed by atoms with E-state index >= 15 is 0 Å². The summed E-state index contributed by atoms with van der Waals surface area (Å²) in [5.41, 5.74) is 3.24. The molecule has 0 N–H and O–H groups in total. The number of alkyl halides is 3. The van der Waals surface area contributed by atoms with Crippen molar-refractivity contribution in [3.63, 3.8) is 0 Å². The largest absolute Gasteiger partial charge is 0.471 e. The molecule has 0 unspecified atom stereocenters. The molecule has 0 saturated heterocycles. The monoisotopic (exact) mass is 273 g/mol. The maximum atomic E-state index is 12.4. The summed E-state index contributed by atoms with van der Waals surface area (Å²) in [6, 6.07) is 3.25. The van der Waals surface area contributed by atoms with Crippen LogP contribution in [0.25, 0.3) is 0 Å². The highest BCUT2D eigenvalue weighted by Gasteiger charge is 2.41. The fraction of sp³-hybridized carbons (Fsp3) is 0.500. The fourth-order valence-corrected chi connectivity index (χ4v) is 2.12. The summed E-state index contributed by atoms with van der Waals surface area (Å²) < 4.78 is 37.2. The summed E-state index contributed by atoms with van der Waals surface area (Å²) in [6.07, 6.45) is -2.99. The number of halogens is 3. The molecule has 1 rings (SSSR count). The van der Waals surface area contributed by atoms with Crippen LogP contribution in [-0.2, 0) is 11.2 Å². The molecule has 0 fully saturated rings. The minimum absolute atomic E-state index is 0.275. The smallest absolute Gasteiger partial charge is 0.308 e. The van der Waals surface area contributed by atoms with Gasteiger partial charge >= 0.3 is 12.1 Å². The molecule has 0 heterocycles. The first kappa shape index (κ1) is 15.5. The Kier molecular flexibility index (Phi) is 4.61. The van der Waals surface area contributed by atoms with E-state index in [2.05, 4.69) is 0 Å². The third-order valence-corrected chi connectivity index (χ3v) is 3.12. The van der Waals surface area contributed by atoms with Crippen molar-refractivity contribution in [3.05, 3.63) is 28.8 Å². The normalized spacial score (nSPS) is 11.5. The van der Waals surface area contributed by atoms with Crippen LogP contribution in [0.5, 0.6) is 0 Å². The average Bonchev–Trinajstić information content (AvgIpc) is 2.30. The van der Waals surface area contributed by atoms with Gasteiger partial charge in [0.25, 0.3) is 0 Å². The van der Waals surface area contributed by atoms with E-state index in [0.717, 1.165) is 36.6 Å². The van der Waals surface area contributed by atoms with Gasteiger partial charge in [-0.25, -0.2) is 0 Å². The van der Waals surface area contributed by atoms with Crippen LogP contribution in [0.4, 0.5) is 18.9 Å². The third kappa shape index (κ3) is 3.49. The topological polar surface area (TPSA) is 20.3 Å². The second kappa shape index (κ2) is 5.63. The van der Waals surface area contributed by atoms with E-state index < -0.39 is 12.1 Å². The molecule has 0 radical (unpaired) electrons. The number of nitrogens with zero attached hydrogens (tertiary/aromatic N) is 1. The van der Waals surface area contributed by atoms with Crippen molar-refractivity contribution in [1.82, 2.24) is 0 Å². The summed E-state index contributed by atoms with van der Waals surface area (Å²) in [4.78, 5) is 11.8. The molecule has 0 saturated carbocycles. The fourth-order valence-electron chi connectivity index (χ4n) is 2.12. The zero-order valence-electron chi connectivity index (χ0n) is 11.6. The molecule has 19 heavy (non-hydrogen) atoms. The highest BCUT2D eigenvalue weighted by Crippen LogP contribution is 2.27. The Morgan fingerprint density at radius 2 is 1.68 bits per heavy atom. The Hall–Kier alpha value is -1.52. The molecule has 0 aliphatic heterocycles. The average molecular weight is 273 g/mol. The van der Waals surface area contributed by atoms with Crippen molar-refractivity contribution in [2.24, 2.45) is 0 Å². The summed E-state index contributed by atoms with van der Waals surface area (Å²) in [5, 5.41) is 0. The lowest BCUT2D eigenvalue weighted by Crippen LogP contribution is -2.38. The van der Waals surface area contributed by atoms with Gasteiger partial charge in [-0.2, -0.15) is 13.2 Å². The molecule has 1 aromatic carbocycles. The molecule has 106 valence electrons. The van der Waals surface area contributed by atoms with Crippen molar-refractivity contribution >= 4 is 11.6 Å². The van der Waals surface area contributed by atoms with E-state index in [1.54, 1.807) is 12.1 Å². The highest BCUT2D eigenvalue weighted by molar-refractivity contribution is 5.97. The van der Waals surface area contributed by atoms with Gasteiger partial charge in [0.2, 0.25) is 0 Å². The van der Waals surface area contributed by atoms with E-state index in [0.29, 0.717) is 4.90 Å². The van der Waals surface area contributed by atoms with Crippen LogP contribution in [0, 0.1) is 13.8 Å². The minimum Gasteiger partial charge on any atom is -0.308 e. The molecule has 0 aliphatic rings. The van der Waals surface area contributed by atoms with E-state index in [-0.39, 0.29) is 5.69 Å². The maximum Gasteiger partial charge on any atom is 0.471 e. The second-order valence-electron chi connectivity index (χ2n) is 4.67. The second-order valence-corrected chi connectivity index (χ2v) is 4.67. The zero-order valence-corrected chi connectivity index (χ0v) is 11.6. The predicted octanol–water partition coefficient (Wildman–Crippen LogP) is 3.78. The number of rotatable bonds is 3. The summed E-state index contributed by atoms with van der Waals surface area (Å²) >= 11 is 0. The minimum atomic E-state index is -4.85. The molecule has 0 aromatic heterocycles. The maximum absolute atomic E-state index is 12.4. The van der Waals surface area contributed by atoms with Gasteiger partial charge in [-0.05, 0) is 49.1 Å². The molecule has 1 aromatic rings. The van der Waals surface area contributed by atoms with Gasteiger partial charge in [-0.3, -0.25) is 4.79 Å². The van der Waals surface area contributed by atoms with E-state index in [9.17, 15) is 18.0 Å². The SMILES string of the molecule is CCCc1c(C)cc(N(C)C(=O)C(F)(F)F)cc1C. The van der Waals surface area contributed by atoms with Gasteiger partial charge < -0.3 is 4.90 Å². The molecular formula is C14H18F3NO. The van der Waals surface area contributed by atoms with Crippen molar-refractivity contribution in [2.75, 3.05) is 11.9 Å². The molecule has 0 spiro atoms. The van der Waals surface area contributed by atoms with E-state index in [1.165, 1.54) is 0 Å². The van der Waals surface area contributed by atoms with Crippen molar-refractivity contribution in [3.8, 4) is 0 Å². The summed E-state index contributed by atoms with van der Waals surface area (Å²) in [7, 11) is 1.14. The van der Waals surface area contributed by atoms with E-state index in [1.807, 2.05) is 20.8 Å². The van der Waals surface area contributed by atoms with Crippen molar-refractivity contribution in [2.45, 2.75) is 39.8 Å². The lowest BCUT2D eigenvalue weighted by molar-refractivity contribution is -0.170. The molecule has 0 aliphatic carbocycles. The Balaban J connectivity index is 3.13. The molecule has 0 bridgehead atoms. The Labute approximate surface area is 111 Å². The molecule has 1 amide bonds. The standard InChI is InChI=1S/C14H18F3NO/c1-5-6-12-9(2)7-11(8-10(12)3)18(4)13(19)14(15,16)17/h7-8H,5-6H2,1-4H3. The number of anilines is 1. The first-order chi connectivity index (χ1) is 8.68. The highest BCUT2D eigenvalue weighted by atomic mass is 19.4. The number of aryl methyl sites for hydroxylation is 2. The van der Waals surface area contributed by atoms with Gasteiger partial charge in [0.1, 0.15) is 0 Å². The summed E-state index contributed by atoms with van der Waals surface area (Å²) in [5.74, 6) is -1.85. The zero-order chi connectivity index (χ0) is 14.8. The Morgan fingerprint density at radius 3 is 2.05 bits per heavy atom. The summed E-state index contributed by atoms with van der Waals surface area (Å²) in [6.45, 7) is 5.76. The van der Waals surface area contributed by atoms with Gasteiger partial charge in [0, 0.05) is 12.7 Å². The van der Waals surface area contributed by atoms with Crippen LogP contribution in [0.15, 0.2) is 12.1 Å². The van der Waals surface area contributed by atoms with Gasteiger partial charge in [0.15, 0.2) is 0 Å². The first-order valence-electron chi connectivity index (χ1n) is 6.13. The number of hydrogen-bond acceptors (Lipinski definition) is 1. The number of carbonyl (C=O) groups is 1. The lowest BCUT2D eigenvalue weighted by atomic mass is 9.97.